The molecule has 1 aliphatic heterocycles. The summed E-state index contributed by atoms with van der Waals surface area (Å²) in [5.74, 6) is 1.91. The molecular formula is C17H22N4O3. The Morgan fingerprint density at radius 3 is 3.12 bits per heavy atom. The molecule has 3 heterocycles. The number of carbonyl (C=O) groups is 1. The molecule has 0 aromatic carbocycles. The summed E-state index contributed by atoms with van der Waals surface area (Å²) >= 11 is 0. The first-order chi connectivity index (χ1) is 11.6. The Morgan fingerprint density at radius 2 is 2.38 bits per heavy atom. The van der Waals surface area contributed by atoms with E-state index in [1.165, 1.54) is 0 Å². The van der Waals surface area contributed by atoms with Crippen LogP contribution >= 0.6 is 0 Å². The van der Waals surface area contributed by atoms with Crippen molar-refractivity contribution in [3.63, 3.8) is 0 Å². The molecule has 2 aromatic heterocycles. The number of anilines is 1. The van der Waals surface area contributed by atoms with Crippen molar-refractivity contribution >= 4 is 11.6 Å². The summed E-state index contributed by atoms with van der Waals surface area (Å²) in [6, 6.07) is 5.31. The van der Waals surface area contributed by atoms with Crippen LogP contribution in [0.4, 0.5) is 5.69 Å². The number of H-pyrrole nitrogens is 1. The summed E-state index contributed by atoms with van der Waals surface area (Å²) in [7, 11) is 0. The number of aromatic amines is 1. The lowest BCUT2D eigenvalue weighted by atomic mass is 9.94. The predicted molar refractivity (Wildman–Crippen MR) is 89.7 cm³/mol. The molecule has 1 saturated heterocycles. The number of nitrogens with zero attached hydrogens (tertiary/aromatic N) is 2. The van der Waals surface area contributed by atoms with E-state index in [9.17, 15) is 9.59 Å². The second-order valence-corrected chi connectivity index (χ2v) is 6.25. The van der Waals surface area contributed by atoms with Crippen LogP contribution in [0.5, 0.6) is 0 Å². The zero-order valence-corrected chi connectivity index (χ0v) is 13.7. The minimum Gasteiger partial charge on any atom is -0.465 e. The lowest BCUT2D eigenvalue weighted by molar-refractivity contribution is -0.122. The van der Waals surface area contributed by atoms with Gasteiger partial charge in [0.25, 0.3) is 5.56 Å². The Kier molecular flexibility index (Phi) is 4.98. The van der Waals surface area contributed by atoms with E-state index in [1.807, 2.05) is 19.1 Å². The van der Waals surface area contributed by atoms with Gasteiger partial charge in [0.1, 0.15) is 11.5 Å². The fraction of sp³-hybridized carbons (Fsp3) is 0.471. The zero-order chi connectivity index (χ0) is 16.9. The van der Waals surface area contributed by atoms with Crippen LogP contribution in [-0.4, -0.2) is 29.2 Å². The van der Waals surface area contributed by atoms with Gasteiger partial charge >= 0.3 is 0 Å². The normalized spacial score (nSPS) is 17.7. The molecule has 0 saturated carbocycles. The molecule has 0 spiro atoms. The van der Waals surface area contributed by atoms with Gasteiger partial charge in [-0.2, -0.15) is 5.10 Å². The van der Waals surface area contributed by atoms with E-state index in [4.69, 9.17) is 4.42 Å². The smallest absolute Gasteiger partial charge is 0.266 e. The fourth-order valence-electron chi connectivity index (χ4n) is 3.11. The van der Waals surface area contributed by atoms with Gasteiger partial charge in [0, 0.05) is 25.6 Å². The van der Waals surface area contributed by atoms with Crippen molar-refractivity contribution in [3.05, 3.63) is 46.3 Å². The van der Waals surface area contributed by atoms with Gasteiger partial charge in [0.15, 0.2) is 0 Å². The van der Waals surface area contributed by atoms with Crippen molar-refractivity contribution in [3.8, 4) is 0 Å². The van der Waals surface area contributed by atoms with Crippen LogP contribution in [0.15, 0.2) is 33.6 Å². The maximum absolute atomic E-state index is 12.2. The van der Waals surface area contributed by atoms with Crippen molar-refractivity contribution in [1.82, 2.24) is 15.5 Å². The molecule has 0 aliphatic carbocycles. The molecule has 0 radical (unpaired) electrons. The monoisotopic (exact) mass is 330 g/mol. The van der Waals surface area contributed by atoms with E-state index in [-0.39, 0.29) is 17.4 Å². The number of piperidine rings is 1. The molecule has 3 rings (SSSR count). The minimum absolute atomic E-state index is 0.0277. The molecule has 1 aliphatic rings. The lowest BCUT2D eigenvalue weighted by Crippen LogP contribution is -2.38. The van der Waals surface area contributed by atoms with Crippen LogP contribution in [0.1, 0.15) is 30.8 Å². The number of hydrogen-bond donors (Lipinski definition) is 2. The van der Waals surface area contributed by atoms with Crippen molar-refractivity contribution in [2.75, 3.05) is 18.0 Å². The third kappa shape index (κ3) is 4.24. The van der Waals surface area contributed by atoms with Crippen molar-refractivity contribution in [1.29, 1.82) is 0 Å². The van der Waals surface area contributed by atoms with Gasteiger partial charge < -0.3 is 14.6 Å². The SMILES string of the molecule is Cc1ccc(CNC(=O)CC2CCCN(c3cn[nH]c(=O)c3)C2)o1. The summed E-state index contributed by atoms with van der Waals surface area (Å²) in [5.41, 5.74) is 0.607. The number of aryl methyl sites for hydroxylation is 1. The Bertz CT molecular complexity index is 752. The van der Waals surface area contributed by atoms with E-state index < -0.39 is 0 Å². The maximum Gasteiger partial charge on any atom is 0.266 e. The maximum atomic E-state index is 12.2. The number of amides is 1. The average Bonchev–Trinajstić information content (AvgIpc) is 2.99. The molecule has 1 atom stereocenters. The van der Waals surface area contributed by atoms with Crippen LogP contribution in [0.2, 0.25) is 0 Å². The molecule has 1 unspecified atom stereocenters. The number of rotatable bonds is 5. The van der Waals surface area contributed by atoms with Crippen LogP contribution in [0, 0.1) is 12.8 Å². The van der Waals surface area contributed by atoms with Crippen LogP contribution < -0.4 is 15.8 Å². The van der Waals surface area contributed by atoms with Gasteiger partial charge in [-0.1, -0.05) is 0 Å². The molecular weight excluding hydrogens is 308 g/mol. The zero-order valence-electron chi connectivity index (χ0n) is 13.7. The third-order valence-electron chi connectivity index (χ3n) is 4.26. The molecule has 128 valence electrons. The minimum atomic E-state index is -0.207. The molecule has 7 nitrogen and oxygen atoms in total. The van der Waals surface area contributed by atoms with E-state index >= 15 is 0 Å². The summed E-state index contributed by atoms with van der Waals surface area (Å²) in [4.78, 5) is 25.7. The lowest BCUT2D eigenvalue weighted by Gasteiger charge is -2.33. The number of aromatic nitrogens is 2. The summed E-state index contributed by atoms with van der Waals surface area (Å²) < 4.78 is 5.45. The second kappa shape index (κ2) is 7.33. The van der Waals surface area contributed by atoms with E-state index in [0.717, 1.165) is 43.1 Å². The van der Waals surface area contributed by atoms with Crippen molar-refractivity contribution < 1.29 is 9.21 Å². The highest BCUT2D eigenvalue weighted by Gasteiger charge is 2.23. The highest BCUT2D eigenvalue weighted by molar-refractivity contribution is 5.76. The van der Waals surface area contributed by atoms with Crippen LogP contribution in [0.25, 0.3) is 0 Å². The number of nitrogens with one attached hydrogen (secondary N) is 2. The summed E-state index contributed by atoms with van der Waals surface area (Å²) in [5, 5.41) is 9.13. The second-order valence-electron chi connectivity index (χ2n) is 6.25. The fourth-order valence-corrected chi connectivity index (χ4v) is 3.11. The van der Waals surface area contributed by atoms with Gasteiger partial charge in [-0.3, -0.25) is 9.59 Å². The Morgan fingerprint density at radius 1 is 1.50 bits per heavy atom. The van der Waals surface area contributed by atoms with Gasteiger partial charge in [0.05, 0.1) is 18.4 Å². The van der Waals surface area contributed by atoms with Gasteiger partial charge in [-0.05, 0) is 37.8 Å². The summed E-state index contributed by atoms with van der Waals surface area (Å²) in [6.45, 7) is 3.94. The highest BCUT2D eigenvalue weighted by atomic mass is 16.3. The van der Waals surface area contributed by atoms with E-state index in [1.54, 1.807) is 12.3 Å². The largest absolute Gasteiger partial charge is 0.465 e. The van der Waals surface area contributed by atoms with Crippen molar-refractivity contribution in [2.45, 2.75) is 32.7 Å². The van der Waals surface area contributed by atoms with Gasteiger partial charge in [-0.25, -0.2) is 5.10 Å². The van der Waals surface area contributed by atoms with E-state index in [2.05, 4.69) is 20.4 Å². The highest BCUT2D eigenvalue weighted by Crippen LogP contribution is 2.23. The van der Waals surface area contributed by atoms with Crippen LogP contribution in [0.3, 0.4) is 0 Å². The first-order valence-corrected chi connectivity index (χ1v) is 8.22. The molecule has 7 heteroatoms. The first-order valence-electron chi connectivity index (χ1n) is 8.22. The van der Waals surface area contributed by atoms with Gasteiger partial charge in [-0.15, -0.1) is 0 Å². The van der Waals surface area contributed by atoms with Gasteiger partial charge in [0.2, 0.25) is 5.91 Å². The molecule has 1 fully saturated rings. The standard InChI is InChI=1S/C17H22N4O3/c1-12-4-5-15(24-12)10-18-16(22)7-13-3-2-6-21(11-13)14-8-17(23)20-19-9-14/h4-5,8-9,13H,2-3,6-7,10-11H2,1H3,(H,18,22)(H,20,23). The molecule has 2 aromatic rings. The Balaban J connectivity index is 1.51. The third-order valence-corrected chi connectivity index (χ3v) is 4.26. The average molecular weight is 330 g/mol. The van der Waals surface area contributed by atoms with E-state index in [0.29, 0.717) is 13.0 Å². The number of furan rings is 1. The topological polar surface area (TPSA) is 91.2 Å². The van der Waals surface area contributed by atoms with Crippen LogP contribution in [-0.2, 0) is 11.3 Å². The molecule has 24 heavy (non-hydrogen) atoms. The Labute approximate surface area is 140 Å². The number of carbonyl (C=O) groups excluding carboxylic acids is 1. The predicted octanol–water partition coefficient (Wildman–Crippen LogP) is 1.59. The van der Waals surface area contributed by atoms with Crippen molar-refractivity contribution in [2.24, 2.45) is 5.92 Å². The molecule has 1 amide bonds. The first kappa shape index (κ1) is 16.3. The Hall–Kier alpha value is -2.57. The summed E-state index contributed by atoms with van der Waals surface area (Å²) in [6.07, 6.45) is 4.15. The quantitative estimate of drug-likeness (QED) is 0.869. The molecule has 2 N–H and O–H groups in total. The number of hydrogen-bond acceptors (Lipinski definition) is 5. The molecule has 0 bridgehead atoms.